The molecule has 1 aromatic rings. The van der Waals surface area contributed by atoms with E-state index in [0.717, 1.165) is 12.8 Å². The van der Waals surface area contributed by atoms with E-state index >= 15 is 0 Å². The molecule has 2 rings (SSSR count). The van der Waals surface area contributed by atoms with Crippen LogP contribution in [0.2, 0.25) is 0 Å². The molecule has 1 aromatic carbocycles. The van der Waals surface area contributed by atoms with Gasteiger partial charge in [0.05, 0.1) is 13.1 Å². The van der Waals surface area contributed by atoms with Gasteiger partial charge < -0.3 is 10.6 Å². The number of anilines is 1. The van der Waals surface area contributed by atoms with Crippen LogP contribution in [0.4, 0.5) is 5.69 Å². The molecule has 5 heteroatoms. The summed E-state index contributed by atoms with van der Waals surface area (Å²) in [4.78, 5) is 23.5. The van der Waals surface area contributed by atoms with E-state index in [1.54, 1.807) is 24.3 Å². The van der Waals surface area contributed by atoms with Crippen LogP contribution < -0.4 is 16.0 Å². The Morgan fingerprint density at radius 3 is 2.85 bits per heavy atom. The van der Waals surface area contributed by atoms with Gasteiger partial charge in [0.2, 0.25) is 5.91 Å². The smallest absolute Gasteiger partial charge is 0.251 e. The summed E-state index contributed by atoms with van der Waals surface area (Å²) in [6.07, 6.45) is 7.17. The van der Waals surface area contributed by atoms with Crippen LogP contribution in [0.15, 0.2) is 24.3 Å². The Labute approximate surface area is 118 Å². The summed E-state index contributed by atoms with van der Waals surface area (Å²) >= 11 is 0. The third kappa shape index (κ3) is 4.41. The lowest BCUT2D eigenvalue weighted by Gasteiger charge is -2.08. The Morgan fingerprint density at radius 2 is 2.15 bits per heavy atom. The maximum Gasteiger partial charge on any atom is 0.251 e. The summed E-state index contributed by atoms with van der Waals surface area (Å²) in [6.45, 7) is 0.486. The Bertz CT molecular complexity index is 544. The molecule has 1 aliphatic rings. The molecule has 1 saturated carbocycles. The van der Waals surface area contributed by atoms with Crippen molar-refractivity contribution in [3.63, 3.8) is 0 Å². The molecule has 0 spiro atoms. The predicted molar refractivity (Wildman–Crippen MR) is 77.3 cm³/mol. The highest BCUT2D eigenvalue weighted by atomic mass is 16.2. The second-order valence-electron chi connectivity index (χ2n) is 4.68. The molecule has 104 valence electrons. The number of terminal acetylenes is 1. The normalized spacial score (nSPS) is 13.3. The van der Waals surface area contributed by atoms with Crippen LogP contribution in [0.1, 0.15) is 23.2 Å². The highest BCUT2D eigenvalue weighted by molar-refractivity contribution is 5.97. The van der Waals surface area contributed by atoms with Gasteiger partial charge in [0.25, 0.3) is 5.91 Å². The number of hydrogen-bond donors (Lipinski definition) is 3. The first-order valence-corrected chi connectivity index (χ1v) is 6.54. The fourth-order valence-electron chi connectivity index (χ4n) is 1.69. The molecule has 1 fully saturated rings. The van der Waals surface area contributed by atoms with Gasteiger partial charge in [-0.05, 0) is 31.0 Å². The van der Waals surface area contributed by atoms with Crippen LogP contribution in [-0.4, -0.2) is 30.9 Å². The first kappa shape index (κ1) is 14.1. The van der Waals surface area contributed by atoms with E-state index in [9.17, 15) is 9.59 Å². The highest BCUT2D eigenvalue weighted by Crippen LogP contribution is 2.20. The van der Waals surface area contributed by atoms with Crippen LogP contribution in [0.25, 0.3) is 0 Å². The predicted octanol–water partition coefficient (Wildman–Crippen LogP) is 0.740. The Hall–Kier alpha value is -2.32. The fraction of sp³-hybridized carbons (Fsp3) is 0.333. The second-order valence-corrected chi connectivity index (χ2v) is 4.68. The zero-order valence-electron chi connectivity index (χ0n) is 11.1. The summed E-state index contributed by atoms with van der Waals surface area (Å²) in [6, 6.07) is 7.19. The Morgan fingerprint density at radius 1 is 1.35 bits per heavy atom. The molecule has 3 N–H and O–H groups in total. The van der Waals surface area contributed by atoms with Gasteiger partial charge in [-0.1, -0.05) is 12.0 Å². The molecule has 0 atom stereocenters. The van der Waals surface area contributed by atoms with E-state index in [2.05, 4.69) is 21.9 Å². The molecule has 20 heavy (non-hydrogen) atoms. The molecule has 2 amide bonds. The summed E-state index contributed by atoms with van der Waals surface area (Å²) in [5, 5.41) is 8.42. The van der Waals surface area contributed by atoms with Crippen LogP contribution in [-0.2, 0) is 4.79 Å². The molecule has 0 unspecified atom stereocenters. The van der Waals surface area contributed by atoms with E-state index in [1.807, 2.05) is 0 Å². The summed E-state index contributed by atoms with van der Waals surface area (Å²) in [5.41, 5.74) is 1.15. The molecule has 0 bridgehead atoms. The van der Waals surface area contributed by atoms with Gasteiger partial charge in [-0.15, -0.1) is 6.42 Å². The van der Waals surface area contributed by atoms with Crippen molar-refractivity contribution in [1.29, 1.82) is 0 Å². The molecule has 5 nitrogen and oxygen atoms in total. The molecule has 0 heterocycles. The topological polar surface area (TPSA) is 70.2 Å². The van der Waals surface area contributed by atoms with Crippen molar-refractivity contribution in [2.24, 2.45) is 0 Å². The lowest BCUT2D eigenvalue weighted by molar-refractivity contribution is -0.115. The van der Waals surface area contributed by atoms with E-state index < -0.39 is 0 Å². The number of rotatable bonds is 6. The molecule has 0 saturated heterocycles. The van der Waals surface area contributed by atoms with E-state index in [4.69, 9.17) is 6.42 Å². The van der Waals surface area contributed by atoms with Crippen LogP contribution in [0.5, 0.6) is 0 Å². The van der Waals surface area contributed by atoms with Crippen LogP contribution in [0.3, 0.4) is 0 Å². The molecule has 0 aromatic heterocycles. The number of amides is 2. The van der Waals surface area contributed by atoms with Crippen molar-refractivity contribution in [3.8, 4) is 12.3 Å². The van der Waals surface area contributed by atoms with E-state index in [-0.39, 0.29) is 18.4 Å². The van der Waals surface area contributed by atoms with Gasteiger partial charge in [-0.2, -0.15) is 0 Å². The molecular formula is C15H17N3O2. The average molecular weight is 271 g/mol. The van der Waals surface area contributed by atoms with Crippen molar-refractivity contribution in [2.45, 2.75) is 18.9 Å². The zero-order valence-corrected chi connectivity index (χ0v) is 11.1. The maximum absolute atomic E-state index is 11.9. The minimum Gasteiger partial charge on any atom is -0.349 e. The van der Waals surface area contributed by atoms with Gasteiger partial charge in [0, 0.05) is 17.3 Å². The molecule has 0 radical (unpaired) electrons. The highest BCUT2D eigenvalue weighted by Gasteiger charge is 2.23. The quantitative estimate of drug-likeness (QED) is 0.528. The van der Waals surface area contributed by atoms with Crippen molar-refractivity contribution < 1.29 is 9.59 Å². The van der Waals surface area contributed by atoms with E-state index in [1.165, 1.54) is 0 Å². The molecule has 1 aliphatic carbocycles. The number of nitrogens with one attached hydrogen (secondary N) is 3. The molecular weight excluding hydrogens is 254 g/mol. The summed E-state index contributed by atoms with van der Waals surface area (Å²) in [7, 11) is 0. The average Bonchev–Trinajstić information content (AvgIpc) is 3.23. The van der Waals surface area contributed by atoms with Gasteiger partial charge in [-0.3, -0.25) is 14.9 Å². The third-order valence-electron chi connectivity index (χ3n) is 2.83. The minimum atomic E-state index is -0.194. The van der Waals surface area contributed by atoms with Gasteiger partial charge in [0.15, 0.2) is 0 Å². The molecule has 0 aliphatic heterocycles. The number of carbonyl (C=O) groups is 2. The zero-order chi connectivity index (χ0) is 14.4. The van der Waals surface area contributed by atoms with Crippen molar-refractivity contribution >= 4 is 17.5 Å². The van der Waals surface area contributed by atoms with Crippen molar-refractivity contribution in [2.75, 3.05) is 18.4 Å². The summed E-state index contributed by atoms with van der Waals surface area (Å²) < 4.78 is 0. The van der Waals surface area contributed by atoms with Crippen LogP contribution in [0, 0.1) is 12.3 Å². The first-order valence-electron chi connectivity index (χ1n) is 6.54. The van der Waals surface area contributed by atoms with E-state index in [0.29, 0.717) is 23.8 Å². The third-order valence-corrected chi connectivity index (χ3v) is 2.83. The lowest BCUT2D eigenvalue weighted by Crippen LogP contribution is -2.28. The Kier molecular flexibility index (Phi) is 4.75. The fourth-order valence-corrected chi connectivity index (χ4v) is 1.69. The monoisotopic (exact) mass is 271 g/mol. The van der Waals surface area contributed by atoms with Gasteiger partial charge in [0.1, 0.15) is 0 Å². The lowest BCUT2D eigenvalue weighted by atomic mass is 10.2. The summed E-state index contributed by atoms with van der Waals surface area (Å²) in [5.74, 6) is 2.09. The number of hydrogen-bond acceptors (Lipinski definition) is 3. The van der Waals surface area contributed by atoms with Gasteiger partial charge >= 0.3 is 0 Å². The first-order chi connectivity index (χ1) is 9.69. The van der Waals surface area contributed by atoms with Gasteiger partial charge in [-0.25, -0.2) is 0 Å². The maximum atomic E-state index is 11.9. The SMILES string of the molecule is C#CCNCC(=O)Nc1cccc(C(=O)NC2CC2)c1. The second kappa shape index (κ2) is 6.73. The van der Waals surface area contributed by atoms with Crippen molar-refractivity contribution in [3.05, 3.63) is 29.8 Å². The largest absolute Gasteiger partial charge is 0.349 e. The minimum absolute atomic E-state index is 0.103. The van der Waals surface area contributed by atoms with Crippen LogP contribution >= 0.6 is 0 Å². The van der Waals surface area contributed by atoms with Crippen molar-refractivity contribution in [1.82, 2.24) is 10.6 Å². The Balaban J connectivity index is 1.89. The standard InChI is InChI=1S/C15H17N3O2/c1-2-8-16-10-14(19)17-13-5-3-4-11(9-13)15(20)18-12-6-7-12/h1,3-5,9,12,16H,6-8,10H2,(H,17,19)(H,18,20). The number of carbonyl (C=O) groups excluding carboxylic acids is 2. The number of benzene rings is 1.